The van der Waals surface area contributed by atoms with E-state index in [9.17, 15) is 4.79 Å². The van der Waals surface area contributed by atoms with Gasteiger partial charge in [0.15, 0.2) is 0 Å². The average Bonchev–Trinajstić information content (AvgIpc) is 2.91. The summed E-state index contributed by atoms with van der Waals surface area (Å²) >= 11 is 0. The molecule has 3 N–H and O–H groups in total. The van der Waals surface area contributed by atoms with Crippen molar-refractivity contribution in [3.8, 4) is 0 Å². The molecule has 0 spiro atoms. The maximum Gasteiger partial charge on any atom is 0.220 e. The van der Waals surface area contributed by atoms with Gasteiger partial charge < -0.3 is 16.0 Å². The quantitative estimate of drug-likeness (QED) is 0.644. The van der Waals surface area contributed by atoms with Gasteiger partial charge in [0.05, 0.1) is 0 Å². The van der Waals surface area contributed by atoms with Crippen molar-refractivity contribution in [1.29, 1.82) is 0 Å². The van der Waals surface area contributed by atoms with Crippen molar-refractivity contribution in [2.24, 2.45) is 17.6 Å². The molecule has 0 saturated carbocycles. The molecule has 0 aromatic carbocycles. The molecule has 1 saturated heterocycles. The first-order valence-corrected chi connectivity index (χ1v) is 8.38. The van der Waals surface area contributed by atoms with Crippen LogP contribution in [0.1, 0.15) is 52.4 Å². The van der Waals surface area contributed by atoms with E-state index < -0.39 is 0 Å². The zero-order valence-corrected chi connectivity index (χ0v) is 13.4. The molecule has 2 atom stereocenters. The molecule has 118 valence electrons. The summed E-state index contributed by atoms with van der Waals surface area (Å²) in [6, 6.07) is 0. The molecule has 0 bridgehead atoms. The third-order valence-corrected chi connectivity index (χ3v) is 4.46. The van der Waals surface area contributed by atoms with Gasteiger partial charge in [0.25, 0.3) is 0 Å². The van der Waals surface area contributed by atoms with Gasteiger partial charge >= 0.3 is 0 Å². The van der Waals surface area contributed by atoms with E-state index in [1.807, 2.05) is 0 Å². The number of nitrogens with two attached hydrogens (primary N) is 1. The lowest BCUT2D eigenvalue weighted by atomic mass is 9.94. The fourth-order valence-electron chi connectivity index (χ4n) is 3.13. The molecule has 0 aromatic rings. The highest BCUT2D eigenvalue weighted by molar-refractivity contribution is 5.75. The van der Waals surface area contributed by atoms with Gasteiger partial charge in [-0.2, -0.15) is 0 Å². The van der Waals surface area contributed by atoms with Gasteiger partial charge in [-0.15, -0.1) is 0 Å². The highest BCUT2D eigenvalue weighted by Gasteiger charge is 2.21. The summed E-state index contributed by atoms with van der Waals surface area (Å²) < 4.78 is 0. The number of hydrogen-bond acceptors (Lipinski definition) is 3. The fourth-order valence-corrected chi connectivity index (χ4v) is 3.13. The van der Waals surface area contributed by atoms with Crippen LogP contribution in [-0.2, 0) is 4.79 Å². The first-order chi connectivity index (χ1) is 9.69. The third kappa shape index (κ3) is 6.71. The van der Waals surface area contributed by atoms with Crippen LogP contribution in [0, 0.1) is 11.8 Å². The van der Waals surface area contributed by atoms with E-state index in [0.29, 0.717) is 18.3 Å². The van der Waals surface area contributed by atoms with Crippen LogP contribution in [0.2, 0.25) is 0 Å². The van der Waals surface area contributed by atoms with E-state index in [1.54, 1.807) is 0 Å². The Morgan fingerprint density at radius 3 is 2.75 bits per heavy atom. The van der Waals surface area contributed by atoms with Crippen molar-refractivity contribution in [3.63, 3.8) is 0 Å². The highest BCUT2D eigenvalue weighted by Crippen LogP contribution is 2.17. The van der Waals surface area contributed by atoms with Crippen molar-refractivity contribution in [2.75, 3.05) is 32.7 Å². The predicted octanol–water partition coefficient (Wildman–Crippen LogP) is 1.99. The van der Waals surface area contributed by atoms with Crippen molar-refractivity contribution in [3.05, 3.63) is 0 Å². The molecule has 1 aliphatic rings. The Labute approximate surface area is 124 Å². The Balaban J connectivity index is 2.13. The average molecular weight is 283 g/mol. The van der Waals surface area contributed by atoms with E-state index in [2.05, 4.69) is 24.1 Å². The number of rotatable bonds is 10. The van der Waals surface area contributed by atoms with E-state index in [-0.39, 0.29) is 5.91 Å². The molecule has 4 nitrogen and oxygen atoms in total. The molecule has 1 heterocycles. The first kappa shape index (κ1) is 17.4. The minimum Gasteiger partial charge on any atom is -0.356 e. The summed E-state index contributed by atoms with van der Waals surface area (Å²) in [5.41, 5.74) is 5.63. The van der Waals surface area contributed by atoms with Crippen LogP contribution in [-0.4, -0.2) is 43.5 Å². The lowest BCUT2D eigenvalue weighted by molar-refractivity contribution is -0.121. The molecular weight excluding hydrogens is 250 g/mol. The molecule has 2 unspecified atom stereocenters. The summed E-state index contributed by atoms with van der Waals surface area (Å²) in [5.74, 6) is 1.49. The largest absolute Gasteiger partial charge is 0.356 e. The molecule has 4 heteroatoms. The molecule has 1 aliphatic heterocycles. The van der Waals surface area contributed by atoms with Gasteiger partial charge in [-0.05, 0) is 50.7 Å². The monoisotopic (exact) mass is 283 g/mol. The van der Waals surface area contributed by atoms with Gasteiger partial charge in [0.1, 0.15) is 0 Å². The van der Waals surface area contributed by atoms with Gasteiger partial charge in [-0.25, -0.2) is 0 Å². The van der Waals surface area contributed by atoms with Crippen LogP contribution in [0.5, 0.6) is 0 Å². The molecule has 0 aliphatic carbocycles. The second-order valence-electron chi connectivity index (χ2n) is 6.12. The SMILES string of the molecule is CCCC(CCN)CCC(=O)NCC1CCN(CC)C1. The van der Waals surface area contributed by atoms with Crippen LogP contribution in [0.3, 0.4) is 0 Å². The molecule has 1 fully saturated rings. The normalized spacial score (nSPS) is 21.1. The number of amides is 1. The zero-order valence-electron chi connectivity index (χ0n) is 13.4. The van der Waals surface area contributed by atoms with Gasteiger partial charge in [-0.1, -0.05) is 26.7 Å². The van der Waals surface area contributed by atoms with Gasteiger partial charge in [0, 0.05) is 19.5 Å². The second-order valence-corrected chi connectivity index (χ2v) is 6.12. The molecular formula is C16H33N3O. The van der Waals surface area contributed by atoms with E-state index in [1.165, 1.54) is 25.8 Å². The van der Waals surface area contributed by atoms with Crippen molar-refractivity contribution >= 4 is 5.91 Å². The molecule has 20 heavy (non-hydrogen) atoms. The van der Waals surface area contributed by atoms with Crippen LogP contribution >= 0.6 is 0 Å². The predicted molar refractivity (Wildman–Crippen MR) is 84.5 cm³/mol. The summed E-state index contributed by atoms with van der Waals surface area (Å²) in [6.45, 7) is 9.44. The number of nitrogens with zero attached hydrogens (tertiary/aromatic N) is 1. The van der Waals surface area contributed by atoms with Crippen molar-refractivity contribution in [1.82, 2.24) is 10.2 Å². The van der Waals surface area contributed by atoms with Crippen LogP contribution < -0.4 is 11.1 Å². The topological polar surface area (TPSA) is 58.4 Å². The fraction of sp³-hybridized carbons (Fsp3) is 0.938. The Kier molecular flexibility index (Phi) is 8.86. The van der Waals surface area contributed by atoms with Crippen LogP contribution in [0.4, 0.5) is 0 Å². The molecule has 1 rings (SSSR count). The Morgan fingerprint density at radius 1 is 1.35 bits per heavy atom. The smallest absolute Gasteiger partial charge is 0.220 e. The van der Waals surface area contributed by atoms with E-state index >= 15 is 0 Å². The number of hydrogen-bond donors (Lipinski definition) is 2. The molecule has 0 aromatic heterocycles. The minimum absolute atomic E-state index is 0.220. The lowest BCUT2D eigenvalue weighted by Gasteiger charge is -2.16. The maximum atomic E-state index is 11.9. The maximum absolute atomic E-state index is 11.9. The van der Waals surface area contributed by atoms with Crippen LogP contribution in [0.15, 0.2) is 0 Å². The Morgan fingerprint density at radius 2 is 2.15 bits per heavy atom. The number of likely N-dealkylation sites (tertiary alicyclic amines) is 1. The minimum atomic E-state index is 0.220. The standard InChI is InChI=1S/C16H33N3O/c1-3-5-14(8-10-17)6-7-16(20)18-12-15-9-11-19(4-2)13-15/h14-15H,3-13,17H2,1-2H3,(H,18,20). The number of nitrogens with one attached hydrogen (secondary N) is 1. The zero-order chi connectivity index (χ0) is 14.8. The Hall–Kier alpha value is -0.610. The third-order valence-electron chi connectivity index (χ3n) is 4.46. The summed E-state index contributed by atoms with van der Waals surface area (Å²) in [4.78, 5) is 14.4. The van der Waals surface area contributed by atoms with Crippen molar-refractivity contribution in [2.45, 2.75) is 52.4 Å². The molecule has 1 amide bonds. The molecule has 0 radical (unpaired) electrons. The number of carbonyl (C=O) groups is 1. The summed E-state index contributed by atoms with van der Waals surface area (Å²) in [6.07, 6.45) is 6.30. The van der Waals surface area contributed by atoms with Crippen LogP contribution in [0.25, 0.3) is 0 Å². The Bertz CT molecular complexity index is 264. The second kappa shape index (κ2) is 10.2. The van der Waals surface area contributed by atoms with Gasteiger partial charge in [-0.3, -0.25) is 4.79 Å². The highest BCUT2D eigenvalue weighted by atomic mass is 16.1. The summed E-state index contributed by atoms with van der Waals surface area (Å²) in [5, 5.41) is 3.11. The number of carbonyl (C=O) groups excluding carboxylic acids is 1. The lowest BCUT2D eigenvalue weighted by Crippen LogP contribution is -2.31. The summed E-state index contributed by atoms with van der Waals surface area (Å²) in [7, 11) is 0. The van der Waals surface area contributed by atoms with E-state index in [4.69, 9.17) is 5.73 Å². The first-order valence-electron chi connectivity index (χ1n) is 8.38. The van der Waals surface area contributed by atoms with Gasteiger partial charge in [0.2, 0.25) is 5.91 Å². The van der Waals surface area contributed by atoms with E-state index in [0.717, 1.165) is 39.0 Å². The van der Waals surface area contributed by atoms with Crippen molar-refractivity contribution < 1.29 is 4.79 Å².